The van der Waals surface area contributed by atoms with Gasteiger partial charge in [-0.2, -0.15) is 0 Å². The molecule has 0 radical (unpaired) electrons. The van der Waals surface area contributed by atoms with E-state index in [-0.39, 0.29) is 35.5 Å². The number of amides is 1. The van der Waals surface area contributed by atoms with Crippen LogP contribution in [0, 0.1) is 17.5 Å². The van der Waals surface area contributed by atoms with Crippen LogP contribution in [0.3, 0.4) is 0 Å². The summed E-state index contributed by atoms with van der Waals surface area (Å²) in [5.74, 6) is -3.67. The molecule has 15 heteroatoms. The number of likely N-dealkylation sites (N-methyl/N-ethyl adjacent to an activating group) is 1. The van der Waals surface area contributed by atoms with Crippen molar-refractivity contribution in [3.63, 3.8) is 0 Å². The SMILES string of the molecule is C[C@@H]1CN(c2cc(F)c(-c3cnc(N4CCOCC4)nc3)c(F)c2NC(=O)c2ccc(F)cc2C(F)F)C[C@H](C)N1C.O=CO. The van der Waals surface area contributed by atoms with Crippen molar-refractivity contribution in [1.29, 1.82) is 0 Å². The number of piperazine rings is 1. The number of hydrogen-bond acceptors (Lipinski definition) is 8. The van der Waals surface area contributed by atoms with E-state index >= 15 is 8.78 Å². The van der Waals surface area contributed by atoms with Crippen LogP contribution in [-0.4, -0.2) is 90.9 Å². The Kier molecular flexibility index (Phi) is 10.9. The molecule has 0 unspecified atom stereocenters. The first kappa shape index (κ1) is 33.5. The van der Waals surface area contributed by atoms with Gasteiger partial charge < -0.3 is 25.0 Å². The molecule has 2 aliphatic rings. The third-order valence-corrected chi connectivity index (χ3v) is 7.85. The Bertz CT molecular complexity index is 1500. The van der Waals surface area contributed by atoms with Gasteiger partial charge in [0.2, 0.25) is 5.95 Å². The van der Waals surface area contributed by atoms with Crippen LogP contribution in [-0.2, 0) is 9.53 Å². The second-order valence-corrected chi connectivity index (χ2v) is 10.7. The predicted octanol–water partition coefficient (Wildman–Crippen LogP) is 4.82. The average Bonchev–Trinajstić information content (AvgIpc) is 3.02. The van der Waals surface area contributed by atoms with Gasteiger partial charge in [-0.05, 0) is 39.1 Å². The molecular formula is C30H33F5N6O4. The number of benzene rings is 2. The highest BCUT2D eigenvalue weighted by molar-refractivity contribution is 6.07. The minimum absolute atomic E-state index is 0.00627. The summed E-state index contributed by atoms with van der Waals surface area (Å²) in [6.07, 6.45) is -0.574. The molecule has 2 saturated heterocycles. The first-order valence-corrected chi connectivity index (χ1v) is 14.1. The summed E-state index contributed by atoms with van der Waals surface area (Å²) in [6, 6.07) is 3.47. The quantitative estimate of drug-likeness (QED) is 0.291. The van der Waals surface area contributed by atoms with E-state index < -0.39 is 46.5 Å². The summed E-state index contributed by atoms with van der Waals surface area (Å²) in [4.78, 5) is 36.0. The van der Waals surface area contributed by atoms with Crippen LogP contribution in [0.2, 0.25) is 0 Å². The highest BCUT2D eigenvalue weighted by Gasteiger charge is 2.32. The number of carbonyl (C=O) groups is 2. The summed E-state index contributed by atoms with van der Waals surface area (Å²) >= 11 is 0. The standard InChI is InChI=1S/C29H31F5N6O2.CH2O2/c1-16-14-40(15-17(2)38(16)3)23-11-22(31)24(18-12-35-29(36-13-18)39-6-8-42-9-7-39)25(32)26(23)37-28(41)20-5-4-19(30)10-21(20)27(33)34;2-1-3/h4-5,10-13,16-17,27H,6-9,14-15H2,1-3H3,(H,37,41);1H,(H,2,3)/t16-,17+;. The number of rotatable bonds is 6. The van der Waals surface area contributed by atoms with E-state index in [2.05, 4.69) is 20.2 Å². The lowest BCUT2D eigenvalue weighted by atomic mass is 10.0. The number of hydrogen-bond donors (Lipinski definition) is 2. The smallest absolute Gasteiger partial charge is 0.290 e. The summed E-state index contributed by atoms with van der Waals surface area (Å²) < 4.78 is 78.5. The number of carbonyl (C=O) groups excluding carboxylic acids is 1. The number of carboxylic acid groups (broad SMARTS) is 1. The van der Waals surface area contributed by atoms with Gasteiger partial charge in [0.15, 0.2) is 5.82 Å². The highest BCUT2D eigenvalue weighted by atomic mass is 19.3. The van der Waals surface area contributed by atoms with Gasteiger partial charge in [0, 0.05) is 73.4 Å². The fourth-order valence-electron chi connectivity index (χ4n) is 5.32. The van der Waals surface area contributed by atoms with Crippen molar-refractivity contribution in [2.45, 2.75) is 32.4 Å². The lowest BCUT2D eigenvalue weighted by molar-refractivity contribution is -0.122. The Morgan fingerprint density at radius 3 is 2.22 bits per heavy atom. The topological polar surface area (TPSA) is 111 Å². The number of morpholine rings is 1. The van der Waals surface area contributed by atoms with E-state index in [4.69, 9.17) is 14.6 Å². The Morgan fingerprint density at radius 1 is 1.04 bits per heavy atom. The van der Waals surface area contributed by atoms with Crippen LogP contribution >= 0.6 is 0 Å². The molecule has 1 amide bonds. The van der Waals surface area contributed by atoms with E-state index in [0.29, 0.717) is 51.4 Å². The Labute approximate surface area is 256 Å². The maximum atomic E-state index is 16.4. The van der Waals surface area contributed by atoms with E-state index in [1.807, 2.05) is 25.8 Å². The Hall–Kier alpha value is -4.37. The van der Waals surface area contributed by atoms with Crippen LogP contribution in [0.15, 0.2) is 36.7 Å². The third kappa shape index (κ3) is 7.48. The van der Waals surface area contributed by atoms with Crippen LogP contribution in [0.25, 0.3) is 11.1 Å². The van der Waals surface area contributed by atoms with Crippen molar-refractivity contribution in [1.82, 2.24) is 14.9 Å². The minimum Gasteiger partial charge on any atom is -0.483 e. The second-order valence-electron chi connectivity index (χ2n) is 10.7. The van der Waals surface area contributed by atoms with Crippen molar-refractivity contribution in [2.75, 3.05) is 61.6 Å². The third-order valence-electron chi connectivity index (χ3n) is 7.85. The van der Waals surface area contributed by atoms with Crippen molar-refractivity contribution >= 4 is 29.7 Å². The maximum absolute atomic E-state index is 16.4. The molecule has 0 bridgehead atoms. The number of nitrogens with zero attached hydrogens (tertiary/aromatic N) is 5. The molecule has 3 heterocycles. The number of nitrogens with one attached hydrogen (secondary N) is 1. The fourth-order valence-corrected chi connectivity index (χ4v) is 5.32. The molecule has 2 atom stereocenters. The van der Waals surface area contributed by atoms with Crippen LogP contribution in [0.1, 0.15) is 36.2 Å². The molecule has 0 aliphatic carbocycles. The number of aromatic nitrogens is 2. The van der Waals surface area contributed by atoms with Crippen molar-refractivity contribution in [3.8, 4) is 11.1 Å². The number of alkyl halides is 2. The van der Waals surface area contributed by atoms with E-state index in [9.17, 15) is 18.0 Å². The van der Waals surface area contributed by atoms with Gasteiger partial charge in [0.25, 0.3) is 18.8 Å². The molecule has 10 nitrogen and oxygen atoms in total. The second kappa shape index (κ2) is 14.6. The number of anilines is 3. The summed E-state index contributed by atoms with van der Waals surface area (Å²) in [5, 5.41) is 9.28. The molecule has 0 saturated carbocycles. The number of halogens is 5. The summed E-state index contributed by atoms with van der Waals surface area (Å²) in [6.45, 7) is 6.59. The number of ether oxygens (including phenoxy) is 1. The normalized spacial score (nSPS) is 18.8. The van der Waals surface area contributed by atoms with Gasteiger partial charge in [-0.25, -0.2) is 31.9 Å². The predicted molar refractivity (Wildman–Crippen MR) is 157 cm³/mol. The van der Waals surface area contributed by atoms with E-state index in [1.165, 1.54) is 12.4 Å². The maximum Gasteiger partial charge on any atom is 0.290 e. The van der Waals surface area contributed by atoms with Gasteiger partial charge in [0.05, 0.1) is 24.5 Å². The lowest BCUT2D eigenvalue weighted by Crippen LogP contribution is -2.55. The van der Waals surface area contributed by atoms with Crippen molar-refractivity contribution in [2.24, 2.45) is 0 Å². The van der Waals surface area contributed by atoms with Crippen molar-refractivity contribution in [3.05, 3.63) is 65.2 Å². The van der Waals surface area contributed by atoms with Gasteiger partial charge in [-0.1, -0.05) is 0 Å². The van der Waals surface area contributed by atoms with Gasteiger partial charge in [0.1, 0.15) is 17.3 Å². The Morgan fingerprint density at radius 2 is 1.64 bits per heavy atom. The van der Waals surface area contributed by atoms with Gasteiger partial charge in [-0.3, -0.25) is 14.5 Å². The van der Waals surface area contributed by atoms with E-state index in [1.54, 1.807) is 4.90 Å². The molecule has 2 N–H and O–H groups in total. The zero-order valence-electron chi connectivity index (χ0n) is 24.8. The molecule has 0 spiro atoms. The Balaban J connectivity index is 0.00000148. The molecule has 1 aromatic heterocycles. The van der Waals surface area contributed by atoms with Gasteiger partial charge >= 0.3 is 0 Å². The first-order chi connectivity index (χ1) is 21.5. The van der Waals surface area contributed by atoms with Crippen LogP contribution in [0.5, 0.6) is 0 Å². The molecule has 5 rings (SSSR count). The van der Waals surface area contributed by atoms with Crippen molar-refractivity contribution < 1.29 is 41.4 Å². The fraction of sp³-hybridized carbons (Fsp3) is 0.400. The van der Waals surface area contributed by atoms with E-state index in [0.717, 1.165) is 18.2 Å². The average molecular weight is 637 g/mol. The summed E-state index contributed by atoms with van der Waals surface area (Å²) in [7, 11) is 1.95. The molecular weight excluding hydrogens is 603 g/mol. The molecule has 3 aromatic rings. The molecule has 2 fully saturated rings. The molecule has 2 aliphatic heterocycles. The first-order valence-electron chi connectivity index (χ1n) is 14.1. The molecule has 45 heavy (non-hydrogen) atoms. The minimum atomic E-state index is -3.16. The lowest BCUT2D eigenvalue weighted by Gasteiger charge is -2.44. The zero-order chi connectivity index (χ0) is 32.8. The monoisotopic (exact) mass is 636 g/mol. The van der Waals surface area contributed by atoms with Crippen LogP contribution < -0.4 is 15.1 Å². The molecule has 2 aromatic carbocycles. The largest absolute Gasteiger partial charge is 0.483 e. The zero-order valence-corrected chi connectivity index (χ0v) is 24.8. The van der Waals surface area contributed by atoms with Gasteiger partial charge in [-0.15, -0.1) is 0 Å². The molecule has 242 valence electrons. The summed E-state index contributed by atoms with van der Waals surface area (Å²) in [5.41, 5.74) is -2.15. The highest BCUT2D eigenvalue weighted by Crippen LogP contribution is 2.39. The van der Waals surface area contributed by atoms with Crippen LogP contribution in [0.4, 0.5) is 39.3 Å².